The molecule has 0 unspecified atom stereocenters. The second-order valence-corrected chi connectivity index (χ2v) is 9.96. The first-order valence-corrected chi connectivity index (χ1v) is 12.7. The number of hydrogen-bond acceptors (Lipinski definition) is 6. The number of carbonyl (C=O) groups is 4. The van der Waals surface area contributed by atoms with Crippen molar-refractivity contribution in [2.45, 2.75) is 63.1 Å². The fourth-order valence-electron chi connectivity index (χ4n) is 5.01. The van der Waals surface area contributed by atoms with Gasteiger partial charge in [-0.2, -0.15) is 0 Å². The molecule has 0 spiro atoms. The number of carbonyl (C=O) groups excluding carboxylic acids is 4. The molecule has 0 bridgehead atoms. The maximum atomic E-state index is 13.3. The Hall–Kier alpha value is -1.81. The van der Waals surface area contributed by atoms with E-state index in [0.29, 0.717) is 26.1 Å². The van der Waals surface area contributed by atoms with Crippen molar-refractivity contribution in [1.29, 1.82) is 0 Å². The minimum absolute atomic E-state index is 0.0111. The molecule has 3 N–H and O–H groups in total. The highest BCUT2D eigenvalue weighted by molar-refractivity contribution is 7.99. The third-order valence-corrected chi connectivity index (χ3v) is 7.79. The summed E-state index contributed by atoms with van der Waals surface area (Å²) in [5.74, 6) is 0.920. The predicted molar refractivity (Wildman–Crippen MR) is 117 cm³/mol. The molecule has 3 aliphatic heterocycles. The maximum Gasteiger partial charge on any atom is 0.245 e. The summed E-state index contributed by atoms with van der Waals surface area (Å²) in [6.07, 6.45) is 6.35. The maximum absolute atomic E-state index is 13.3. The largest absolute Gasteiger partial charge is 0.354 e. The van der Waals surface area contributed by atoms with Crippen LogP contribution < -0.4 is 16.0 Å². The Balaban J connectivity index is 1.48. The minimum Gasteiger partial charge on any atom is -0.354 e. The Bertz CT molecular complexity index is 708. The number of nitrogens with zero attached hydrogens (tertiary/aromatic N) is 2. The standard InChI is InChI=1S/C21H33N5O4S/c27-18-15(7-4-8-22-18)24-19(28)17-11-25(21(30)16-12-31-13-23-16)9-10-26(17)20(29)14-5-2-1-3-6-14/h14-17,23H,1-13H2,(H,22,27)(H,24,28)/t15-,16-,17+/m0/s1. The molecule has 3 saturated heterocycles. The van der Waals surface area contributed by atoms with E-state index in [1.165, 1.54) is 0 Å². The first kappa shape index (κ1) is 22.4. The second-order valence-electron chi connectivity index (χ2n) is 8.93. The van der Waals surface area contributed by atoms with Crippen LogP contribution in [0.2, 0.25) is 0 Å². The lowest BCUT2D eigenvalue weighted by molar-refractivity contribution is -0.152. The third kappa shape index (κ3) is 5.16. The van der Waals surface area contributed by atoms with Crippen molar-refractivity contribution in [3.05, 3.63) is 0 Å². The summed E-state index contributed by atoms with van der Waals surface area (Å²) >= 11 is 1.68. The summed E-state index contributed by atoms with van der Waals surface area (Å²) < 4.78 is 0. The first-order valence-electron chi connectivity index (χ1n) is 11.5. The number of piperidine rings is 1. The van der Waals surface area contributed by atoms with Crippen molar-refractivity contribution in [1.82, 2.24) is 25.8 Å². The van der Waals surface area contributed by atoms with Gasteiger partial charge in [-0.15, -0.1) is 11.8 Å². The van der Waals surface area contributed by atoms with Crippen LogP contribution in [0.25, 0.3) is 0 Å². The normalized spacial score (nSPS) is 30.1. The van der Waals surface area contributed by atoms with E-state index in [1.807, 2.05) is 0 Å². The first-order chi connectivity index (χ1) is 15.0. The van der Waals surface area contributed by atoms with Crippen molar-refractivity contribution >= 4 is 35.4 Å². The summed E-state index contributed by atoms with van der Waals surface area (Å²) in [6, 6.07) is -1.57. The van der Waals surface area contributed by atoms with Gasteiger partial charge in [-0.3, -0.25) is 24.5 Å². The number of amides is 4. The minimum atomic E-state index is -0.754. The molecule has 31 heavy (non-hydrogen) atoms. The molecule has 172 valence electrons. The Morgan fingerprint density at radius 3 is 2.52 bits per heavy atom. The molecule has 4 amide bonds. The van der Waals surface area contributed by atoms with Gasteiger partial charge in [-0.25, -0.2) is 0 Å². The topological polar surface area (TPSA) is 111 Å². The Kier molecular flexibility index (Phi) is 7.37. The van der Waals surface area contributed by atoms with Crippen LogP contribution >= 0.6 is 11.8 Å². The van der Waals surface area contributed by atoms with Crippen LogP contribution in [0.15, 0.2) is 0 Å². The number of piperazine rings is 1. The van der Waals surface area contributed by atoms with E-state index in [-0.39, 0.29) is 42.1 Å². The average Bonchev–Trinajstić information content (AvgIpc) is 3.35. The van der Waals surface area contributed by atoms with Crippen LogP contribution in [0.3, 0.4) is 0 Å². The van der Waals surface area contributed by atoms with Crippen LogP contribution in [0, 0.1) is 5.92 Å². The van der Waals surface area contributed by atoms with E-state index in [0.717, 1.165) is 50.2 Å². The van der Waals surface area contributed by atoms with Crippen LogP contribution in [0.1, 0.15) is 44.9 Å². The molecule has 4 aliphatic rings. The smallest absolute Gasteiger partial charge is 0.245 e. The van der Waals surface area contributed by atoms with E-state index in [4.69, 9.17) is 0 Å². The highest BCUT2D eigenvalue weighted by atomic mass is 32.2. The van der Waals surface area contributed by atoms with Gasteiger partial charge in [0.05, 0.1) is 12.6 Å². The van der Waals surface area contributed by atoms with E-state index < -0.39 is 12.1 Å². The zero-order chi connectivity index (χ0) is 21.8. The van der Waals surface area contributed by atoms with Gasteiger partial charge in [0, 0.05) is 37.2 Å². The lowest BCUT2D eigenvalue weighted by Crippen LogP contribution is -2.65. The highest BCUT2D eigenvalue weighted by Gasteiger charge is 2.41. The number of rotatable bonds is 4. The van der Waals surface area contributed by atoms with E-state index in [2.05, 4.69) is 16.0 Å². The number of nitrogens with one attached hydrogen (secondary N) is 3. The number of hydrogen-bond donors (Lipinski definition) is 3. The van der Waals surface area contributed by atoms with Gasteiger partial charge in [0.25, 0.3) is 0 Å². The molecule has 0 aromatic carbocycles. The van der Waals surface area contributed by atoms with Crippen LogP contribution in [0.4, 0.5) is 0 Å². The molecule has 0 radical (unpaired) electrons. The van der Waals surface area contributed by atoms with Crippen molar-refractivity contribution in [3.63, 3.8) is 0 Å². The summed E-state index contributed by atoms with van der Waals surface area (Å²) in [5.41, 5.74) is 0. The van der Waals surface area contributed by atoms with Gasteiger partial charge in [-0.05, 0) is 25.7 Å². The molecule has 4 fully saturated rings. The zero-order valence-corrected chi connectivity index (χ0v) is 18.8. The molecule has 3 heterocycles. The van der Waals surface area contributed by atoms with E-state index in [9.17, 15) is 19.2 Å². The van der Waals surface area contributed by atoms with Crippen molar-refractivity contribution in [3.8, 4) is 0 Å². The highest BCUT2D eigenvalue weighted by Crippen LogP contribution is 2.27. The Labute approximate surface area is 187 Å². The molecular weight excluding hydrogens is 418 g/mol. The SMILES string of the molecule is O=C1NCCC[C@@H]1NC(=O)[C@H]1CN(C(=O)[C@@H]2CSCN2)CCN1C(=O)C1CCCCC1. The van der Waals surface area contributed by atoms with Gasteiger partial charge in [0.15, 0.2) is 0 Å². The summed E-state index contributed by atoms with van der Waals surface area (Å²) in [6.45, 7) is 1.60. The molecule has 9 nitrogen and oxygen atoms in total. The van der Waals surface area contributed by atoms with Gasteiger partial charge in [0.1, 0.15) is 12.1 Å². The average molecular weight is 452 g/mol. The fraction of sp³-hybridized carbons (Fsp3) is 0.810. The van der Waals surface area contributed by atoms with Crippen molar-refractivity contribution in [2.75, 3.05) is 37.8 Å². The number of thioether (sulfide) groups is 1. The van der Waals surface area contributed by atoms with Crippen molar-refractivity contribution < 1.29 is 19.2 Å². The Morgan fingerprint density at radius 2 is 1.81 bits per heavy atom. The van der Waals surface area contributed by atoms with Crippen LogP contribution in [0.5, 0.6) is 0 Å². The van der Waals surface area contributed by atoms with Gasteiger partial charge >= 0.3 is 0 Å². The van der Waals surface area contributed by atoms with Crippen LogP contribution in [-0.2, 0) is 19.2 Å². The van der Waals surface area contributed by atoms with Crippen molar-refractivity contribution in [2.24, 2.45) is 5.92 Å². The predicted octanol–water partition coefficient (Wildman–Crippen LogP) is -0.337. The van der Waals surface area contributed by atoms with E-state index >= 15 is 0 Å². The zero-order valence-electron chi connectivity index (χ0n) is 17.9. The summed E-state index contributed by atoms with van der Waals surface area (Å²) in [7, 11) is 0. The molecular formula is C21H33N5O4S. The molecule has 1 saturated carbocycles. The second kappa shape index (κ2) is 10.2. The van der Waals surface area contributed by atoms with Gasteiger partial charge in [0.2, 0.25) is 23.6 Å². The van der Waals surface area contributed by atoms with Gasteiger partial charge in [-0.1, -0.05) is 19.3 Å². The Morgan fingerprint density at radius 1 is 1.00 bits per heavy atom. The lowest BCUT2D eigenvalue weighted by Gasteiger charge is -2.43. The molecule has 1 aliphatic carbocycles. The lowest BCUT2D eigenvalue weighted by atomic mass is 9.87. The molecule has 10 heteroatoms. The monoisotopic (exact) mass is 451 g/mol. The molecule has 0 aromatic rings. The third-order valence-electron chi connectivity index (χ3n) is 6.85. The van der Waals surface area contributed by atoms with Crippen LogP contribution in [-0.4, -0.2) is 89.4 Å². The van der Waals surface area contributed by atoms with Gasteiger partial charge < -0.3 is 20.4 Å². The molecule has 3 atom stereocenters. The summed E-state index contributed by atoms with van der Waals surface area (Å²) in [4.78, 5) is 55.0. The molecule has 4 rings (SSSR count). The summed E-state index contributed by atoms with van der Waals surface area (Å²) in [5, 5.41) is 8.83. The van der Waals surface area contributed by atoms with E-state index in [1.54, 1.807) is 21.6 Å². The quantitative estimate of drug-likeness (QED) is 0.540. The fourth-order valence-corrected chi connectivity index (χ4v) is 5.94. The molecule has 0 aromatic heterocycles.